The minimum atomic E-state index is -0.557. The molecule has 7 heteroatoms. The van der Waals surface area contributed by atoms with Crippen LogP contribution < -0.4 is 5.32 Å². The lowest BCUT2D eigenvalue weighted by Gasteiger charge is -2.29. The Hall–Kier alpha value is -1.69. The Kier molecular flexibility index (Phi) is 4.65. The fraction of sp³-hybridized carbons (Fsp3) is 0.300. The molecular formula is C20H18Cl2N2O2S. The fourth-order valence-electron chi connectivity index (χ4n) is 3.75. The Morgan fingerprint density at radius 3 is 2.70 bits per heavy atom. The van der Waals surface area contributed by atoms with Gasteiger partial charge in [-0.25, -0.2) is 0 Å². The molecule has 2 amide bonds. The Balaban J connectivity index is 1.57. The Labute approximate surface area is 172 Å². The molecule has 2 aliphatic rings. The summed E-state index contributed by atoms with van der Waals surface area (Å²) in [5, 5.41) is 3.87. The fourth-order valence-corrected chi connectivity index (χ4v) is 5.81. The van der Waals surface area contributed by atoms with Crippen LogP contribution in [0.4, 0.5) is 0 Å². The molecule has 27 heavy (non-hydrogen) atoms. The second-order valence-electron chi connectivity index (χ2n) is 7.23. The lowest BCUT2D eigenvalue weighted by atomic mass is 10.0. The maximum absolute atomic E-state index is 13.1. The van der Waals surface area contributed by atoms with Gasteiger partial charge in [0.05, 0.1) is 0 Å². The number of carbonyl (C=O) groups excluding carboxylic acids is 2. The van der Waals surface area contributed by atoms with Gasteiger partial charge in [-0.15, -0.1) is 11.8 Å². The molecule has 2 heterocycles. The SMILES string of the molecule is CC1(C)SC2c3ccccc3C(=O)N2C1C(=O)NCc1ccc(Cl)cc1Cl. The third kappa shape index (κ3) is 3.12. The predicted octanol–water partition coefficient (Wildman–Crippen LogP) is 4.66. The van der Waals surface area contributed by atoms with Gasteiger partial charge in [0.15, 0.2) is 0 Å². The van der Waals surface area contributed by atoms with Crippen molar-refractivity contribution in [3.63, 3.8) is 0 Å². The molecule has 0 bridgehead atoms. The van der Waals surface area contributed by atoms with E-state index in [0.717, 1.165) is 11.1 Å². The molecule has 0 radical (unpaired) electrons. The number of amides is 2. The average molecular weight is 421 g/mol. The van der Waals surface area contributed by atoms with Crippen molar-refractivity contribution < 1.29 is 9.59 Å². The van der Waals surface area contributed by atoms with E-state index in [9.17, 15) is 9.59 Å². The first-order valence-electron chi connectivity index (χ1n) is 8.60. The second kappa shape index (κ2) is 6.73. The summed E-state index contributed by atoms with van der Waals surface area (Å²) in [6, 6.07) is 12.2. The molecule has 0 aromatic heterocycles. The zero-order valence-electron chi connectivity index (χ0n) is 14.8. The molecular weight excluding hydrogens is 403 g/mol. The number of thioether (sulfide) groups is 1. The summed E-state index contributed by atoms with van der Waals surface area (Å²) in [4.78, 5) is 27.7. The maximum atomic E-state index is 13.1. The van der Waals surface area contributed by atoms with Crippen LogP contribution in [0.25, 0.3) is 0 Å². The highest BCUT2D eigenvalue weighted by molar-refractivity contribution is 8.01. The summed E-state index contributed by atoms with van der Waals surface area (Å²) in [6.07, 6.45) is 0. The number of nitrogens with one attached hydrogen (secondary N) is 1. The zero-order valence-corrected chi connectivity index (χ0v) is 17.2. The molecule has 2 aromatic rings. The summed E-state index contributed by atoms with van der Waals surface area (Å²) in [7, 11) is 0. The van der Waals surface area contributed by atoms with Crippen LogP contribution in [0, 0.1) is 0 Å². The summed E-state index contributed by atoms with van der Waals surface area (Å²) in [5.74, 6) is -0.263. The first-order chi connectivity index (χ1) is 12.8. The molecule has 2 aromatic carbocycles. The van der Waals surface area contributed by atoms with Gasteiger partial charge < -0.3 is 10.2 Å². The normalized spacial score (nSPS) is 22.5. The van der Waals surface area contributed by atoms with Gasteiger partial charge in [0, 0.05) is 26.9 Å². The van der Waals surface area contributed by atoms with E-state index >= 15 is 0 Å². The molecule has 1 saturated heterocycles. The molecule has 2 atom stereocenters. The van der Waals surface area contributed by atoms with Crippen molar-refractivity contribution in [2.45, 2.75) is 36.6 Å². The predicted molar refractivity (Wildman–Crippen MR) is 109 cm³/mol. The molecule has 2 aliphatic heterocycles. The number of rotatable bonds is 3. The lowest BCUT2D eigenvalue weighted by Crippen LogP contribution is -2.52. The molecule has 2 unspecified atom stereocenters. The number of fused-ring (bicyclic) bond motifs is 3. The van der Waals surface area contributed by atoms with E-state index in [1.54, 1.807) is 34.9 Å². The highest BCUT2D eigenvalue weighted by atomic mass is 35.5. The molecule has 140 valence electrons. The highest BCUT2D eigenvalue weighted by Crippen LogP contribution is 2.56. The van der Waals surface area contributed by atoms with E-state index in [1.165, 1.54) is 0 Å². The number of hydrogen-bond donors (Lipinski definition) is 1. The average Bonchev–Trinajstić information content (AvgIpc) is 3.04. The van der Waals surface area contributed by atoms with Crippen LogP contribution in [0.5, 0.6) is 0 Å². The van der Waals surface area contributed by atoms with Gasteiger partial charge in [-0.1, -0.05) is 47.5 Å². The highest BCUT2D eigenvalue weighted by Gasteiger charge is 2.57. The molecule has 0 aliphatic carbocycles. The van der Waals surface area contributed by atoms with E-state index in [0.29, 0.717) is 15.6 Å². The Bertz CT molecular complexity index is 947. The zero-order chi connectivity index (χ0) is 19.3. The van der Waals surface area contributed by atoms with Gasteiger partial charge in [-0.2, -0.15) is 0 Å². The first-order valence-corrected chi connectivity index (χ1v) is 10.2. The van der Waals surface area contributed by atoms with Crippen molar-refractivity contribution in [3.05, 3.63) is 69.2 Å². The van der Waals surface area contributed by atoms with Crippen LogP contribution in [-0.4, -0.2) is 27.5 Å². The van der Waals surface area contributed by atoms with Crippen molar-refractivity contribution in [3.8, 4) is 0 Å². The van der Waals surface area contributed by atoms with Crippen molar-refractivity contribution in [1.29, 1.82) is 0 Å². The largest absolute Gasteiger partial charge is 0.350 e. The standard InChI is InChI=1S/C20H18Cl2N2O2S/c1-20(2)16(17(25)23-10-11-7-8-12(21)9-15(11)22)24-18(26)13-5-3-4-6-14(13)19(24)27-20/h3-9,16,19H,10H2,1-2H3,(H,23,25). The van der Waals surface area contributed by atoms with Gasteiger partial charge in [0.25, 0.3) is 5.91 Å². The number of halogens is 2. The van der Waals surface area contributed by atoms with Crippen LogP contribution in [0.15, 0.2) is 42.5 Å². The molecule has 4 nitrogen and oxygen atoms in total. The van der Waals surface area contributed by atoms with Crippen LogP contribution in [0.2, 0.25) is 10.0 Å². The van der Waals surface area contributed by atoms with Crippen molar-refractivity contribution in [1.82, 2.24) is 10.2 Å². The van der Waals surface area contributed by atoms with Gasteiger partial charge in [-0.3, -0.25) is 9.59 Å². The van der Waals surface area contributed by atoms with E-state index < -0.39 is 10.8 Å². The molecule has 1 N–H and O–H groups in total. The molecule has 4 rings (SSSR count). The van der Waals surface area contributed by atoms with Crippen molar-refractivity contribution in [2.75, 3.05) is 0 Å². The van der Waals surface area contributed by atoms with Crippen LogP contribution in [0.3, 0.4) is 0 Å². The monoisotopic (exact) mass is 420 g/mol. The summed E-state index contributed by atoms with van der Waals surface area (Å²) in [6.45, 7) is 4.29. The number of benzene rings is 2. The van der Waals surface area contributed by atoms with Crippen molar-refractivity contribution >= 4 is 46.8 Å². The van der Waals surface area contributed by atoms with E-state index in [4.69, 9.17) is 23.2 Å². The topological polar surface area (TPSA) is 49.4 Å². The Morgan fingerprint density at radius 2 is 1.96 bits per heavy atom. The van der Waals surface area contributed by atoms with E-state index in [1.807, 2.05) is 38.1 Å². The molecule has 0 saturated carbocycles. The summed E-state index contributed by atoms with van der Waals surface area (Å²) >= 11 is 13.8. The number of hydrogen-bond acceptors (Lipinski definition) is 3. The minimum Gasteiger partial charge on any atom is -0.350 e. The first kappa shape index (κ1) is 18.7. The maximum Gasteiger partial charge on any atom is 0.256 e. The van der Waals surface area contributed by atoms with Gasteiger partial charge in [0.1, 0.15) is 11.4 Å². The number of carbonyl (C=O) groups is 2. The van der Waals surface area contributed by atoms with Gasteiger partial charge >= 0.3 is 0 Å². The lowest BCUT2D eigenvalue weighted by molar-refractivity contribution is -0.126. The number of nitrogens with zero attached hydrogens (tertiary/aromatic N) is 1. The van der Waals surface area contributed by atoms with E-state index in [-0.39, 0.29) is 23.7 Å². The molecule has 0 spiro atoms. The van der Waals surface area contributed by atoms with Crippen LogP contribution >= 0.6 is 35.0 Å². The van der Waals surface area contributed by atoms with Crippen LogP contribution in [-0.2, 0) is 11.3 Å². The molecule has 1 fully saturated rings. The Morgan fingerprint density at radius 1 is 1.22 bits per heavy atom. The van der Waals surface area contributed by atoms with E-state index in [2.05, 4.69) is 5.32 Å². The van der Waals surface area contributed by atoms with Crippen molar-refractivity contribution in [2.24, 2.45) is 0 Å². The summed E-state index contributed by atoms with van der Waals surface area (Å²) < 4.78 is -0.401. The summed E-state index contributed by atoms with van der Waals surface area (Å²) in [5.41, 5.74) is 2.45. The minimum absolute atomic E-state index is 0.0849. The quantitative estimate of drug-likeness (QED) is 0.785. The third-order valence-electron chi connectivity index (χ3n) is 5.01. The van der Waals surface area contributed by atoms with Gasteiger partial charge in [0.2, 0.25) is 5.91 Å². The van der Waals surface area contributed by atoms with Gasteiger partial charge in [-0.05, 0) is 43.2 Å². The third-order valence-corrected chi connectivity index (χ3v) is 7.14. The van der Waals surface area contributed by atoms with Crippen LogP contribution in [0.1, 0.15) is 40.7 Å². The smallest absolute Gasteiger partial charge is 0.256 e. The second-order valence-corrected chi connectivity index (χ2v) is 9.81.